The lowest BCUT2D eigenvalue weighted by atomic mass is 10.2. The molecule has 0 saturated heterocycles. The van der Waals surface area contributed by atoms with Gasteiger partial charge in [-0.3, -0.25) is 14.0 Å². The fourth-order valence-corrected chi connectivity index (χ4v) is 4.50. The Kier molecular flexibility index (Phi) is 8.28. The molecule has 13 heteroatoms. The Morgan fingerprint density at radius 3 is 2.33 bits per heavy atom. The van der Waals surface area contributed by atoms with Crippen LogP contribution in [0.25, 0.3) is 17.2 Å². The summed E-state index contributed by atoms with van der Waals surface area (Å²) in [5, 5.41) is 13.9. The number of halogens is 1. The van der Waals surface area contributed by atoms with E-state index in [1.807, 2.05) is 53.6 Å². The molecule has 36 heavy (non-hydrogen) atoms. The molecule has 0 radical (unpaired) electrons. The maximum absolute atomic E-state index is 5.94. The normalized spacial score (nSPS) is 12.8. The zero-order valence-electron chi connectivity index (χ0n) is 20.5. The van der Waals surface area contributed by atoms with Crippen LogP contribution in [0.15, 0.2) is 42.9 Å². The summed E-state index contributed by atoms with van der Waals surface area (Å²) >= 11 is 7.34. The molecule has 0 aliphatic heterocycles. The van der Waals surface area contributed by atoms with Gasteiger partial charge in [0.25, 0.3) is 0 Å². The van der Waals surface area contributed by atoms with E-state index in [1.54, 1.807) is 33.7 Å². The van der Waals surface area contributed by atoms with E-state index < -0.39 is 6.10 Å². The zero-order chi connectivity index (χ0) is 25.7. The molecule has 0 aliphatic carbocycles. The summed E-state index contributed by atoms with van der Waals surface area (Å²) in [6, 6.07) is 7.45. The number of benzene rings is 1. The number of nitrogens with zero attached hydrogens (tertiary/aromatic N) is 7. The molecule has 0 aliphatic rings. The summed E-state index contributed by atoms with van der Waals surface area (Å²) in [4.78, 5) is 8.61. The predicted octanol–water partition coefficient (Wildman–Crippen LogP) is 4.45. The Morgan fingerprint density at radius 1 is 1.06 bits per heavy atom. The van der Waals surface area contributed by atoms with Crippen molar-refractivity contribution in [1.82, 2.24) is 34.5 Å². The third kappa shape index (κ3) is 5.25. The minimum Gasteiger partial charge on any atom is -0.494 e. The summed E-state index contributed by atoms with van der Waals surface area (Å²) in [7, 11) is 4.82. The quantitative estimate of drug-likeness (QED) is 0.279. The fraction of sp³-hybridized carbons (Fsp3) is 0.348. The number of para-hydroxylation sites is 1. The average molecular weight is 531 g/mol. The molecule has 4 rings (SSSR count). The molecule has 0 saturated carbocycles. The Hall–Kier alpha value is -3.35. The van der Waals surface area contributed by atoms with Crippen LogP contribution in [0.5, 0.6) is 11.5 Å². The van der Waals surface area contributed by atoms with E-state index in [0.29, 0.717) is 45.5 Å². The van der Waals surface area contributed by atoms with Crippen LogP contribution in [0.3, 0.4) is 0 Å². The highest BCUT2D eigenvalue weighted by Gasteiger charge is 2.26. The number of aryl methyl sites for hydroxylation is 1. The first-order valence-corrected chi connectivity index (χ1v) is 12.4. The summed E-state index contributed by atoms with van der Waals surface area (Å²) in [5.74, 6) is 2.71. The van der Waals surface area contributed by atoms with Gasteiger partial charge < -0.3 is 14.2 Å². The van der Waals surface area contributed by atoms with E-state index in [-0.39, 0.29) is 5.25 Å². The van der Waals surface area contributed by atoms with Gasteiger partial charge in [0.05, 0.1) is 24.5 Å². The number of nitrogens with one attached hydrogen (secondary N) is 1. The Labute approximate surface area is 218 Å². The van der Waals surface area contributed by atoms with E-state index in [9.17, 15) is 0 Å². The second kappa shape index (κ2) is 11.6. The van der Waals surface area contributed by atoms with Gasteiger partial charge in [-0.15, -0.1) is 10.2 Å². The summed E-state index contributed by atoms with van der Waals surface area (Å²) in [6.07, 6.45) is 4.60. The van der Waals surface area contributed by atoms with Crippen molar-refractivity contribution in [3.63, 3.8) is 0 Å². The Morgan fingerprint density at radius 2 is 1.75 bits per heavy atom. The molecule has 1 N–H and O–H groups in total. The van der Waals surface area contributed by atoms with Crippen molar-refractivity contribution in [1.29, 1.82) is 0 Å². The minimum atomic E-state index is -0.392. The molecule has 0 spiro atoms. The molecule has 11 nitrogen and oxygen atoms in total. The van der Waals surface area contributed by atoms with Crippen molar-refractivity contribution in [3.05, 3.63) is 53.7 Å². The molecule has 0 fully saturated rings. The molecule has 4 aromatic rings. The lowest BCUT2D eigenvalue weighted by Crippen LogP contribution is -2.19. The SMILES string of the molecule is CCn1ccc(-c2nnc(NSC(C)C(OC)c3ncc(Cl)cn3)n2-c2c(OC)cccc2OC)n1. The second-order valence-corrected chi connectivity index (χ2v) is 9.21. The van der Waals surface area contributed by atoms with Gasteiger partial charge in [0.15, 0.2) is 11.6 Å². The van der Waals surface area contributed by atoms with Gasteiger partial charge >= 0.3 is 0 Å². The minimum absolute atomic E-state index is 0.108. The highest BCUT2D eigenvalue weighted by Crippen LogP contribution is 2.38. The van der Waals surface area contributed by atoms with Crippen LogP contribution in [0.1, 0.15) is 25.8 Å². The molecular weight excluding hydrogens is 504 g/mol. The monoisotopic (exact) mass is 530 g/mol. The smallest absolute Gasteiger partial charge is 0.239 e. The van der Waals surface area contributed by atoms with Crippen LogP contribution in [-0.4, -0.2) is 61.1 Å². The van der Waals surface area contributed by atoms with Crippen LogP contribution < -0.4 is 14.2 Å². The van der Waals surface area contributed by atoms with Gasteiger partial charge in [0, 0.05) is 32.2 Å². The van der Waals surface area contributed by atoms with Crippen molar-refractivity contribution in [2.75, 3.05) is 26.1 Å². The molecule has 190 valence electrons. The average Bonchev–Trinajstić information content (AvgIpc) is 3.55. The van der Waals surface area contributed by atoms with Crippen LogP contribution >= 0.6 is 23.5 Å². The number of hydrogen-bond acceptors (Lipinski definition) is 10. The van der Waals surface area contributed by atoms with Crippen LogP contribution in [0, 0.1) is 0 Å². The first-order chi connectivity index (χ1) is 17.5. The van der Waals surface area contributed by atoms with Crippen molar-refractivity contribution in [2.24, 2.45) is 0 Å². The summed E-state index contributed by atoms with van der Waals surface area (Å²) in [5.41, 5.74) is 1.31. The topological polar surface area (TPSA) is 114 Å². The third-order valence-electron chi connectivity index (χ3n) is 5.39. The molecule has 1 aromatic carbocycles. The van der Waals surface area contributed by atoms with Crippen LogP contribution in [0.2, 0.25) is 5.02 Å². The largest absolute Gasteiger partial charge is 0.494 e. The fourth-order valence-electron chi connectivity index (χ4n) is 3.62. The standard InChI is InChI=1S/C23H27ClN8O3S/c1-6-31-11-10-16(29-31)22-27-28-23(32(22)19-17(33-3)8-7-9-18(19)34-4)30-36-14(2)20(35-5)21-25-12-15(24)13-26-21/h7-14,20H,6H2,1-5H3,(H,28,30). The van der Waals surface area contributed by atoms with Crippen LogP contribution in [0.4, 0.5) is 5.95 Å². The lowest BCUT2D eigenvalue weighted by molar-refractivity contribution is 0.0972. The first kappa shape index (κ1) is 25.7. The van der Waals surface area contributed by atoms with Crippen molar-refractivity contribution in [2.45, 2.75) is 31.7 Å². The van der Waals surface area contributed by atoms with Gasteiger partial charge in [0.1, 0.15) is 29.0 Å². The highest BCUT2D eigenvalue weighted by molar-refractivity contribution is 8.01. The number of anilines is 1. The molecule has 2 atom stereocenters. The Balaban J connectivity index is 1.72. The number of hydrogen-bond donors (Lipinski definition) is 1. The van der Waals surface area contributed by atoms with E-state index in [4.69, 9.17) is 25.8 Å². The number of methoxy groups -OCH3 is 3. The van der Waals surface area contributed by atoms with E-state index in [0.717, 1.165) is 6.54 Å². The third-order valence-corrected chi connectivity index (χ3v) is 6.51. The van der Waals surface area contributed by atoms with Crippen LogP contribution in [-0.2, 0) is 11.3 Å². The summed E-state index contributed by atoms with van der Waals surface area (Å²) in [6.45, 7) is 4.75. The molecule has 0 amide bonds. The molecular formula is C23H27ClN8O3S. The molecule has 2 unspecified atom stereocenters. The number of aromatic nitrogens is 7. The van der Waals surface area contributed by atoms with Gasteiger partial charge in [0.2, 0.25) is 5.95 Å². The predicted molar refractivity (Wildman–Crippen MR) is 139 cm³/mol. The maximum Gasteiger partial charge on any atom is 0.239 e. The highest BCUT2D eigenvalue weighted by atomic mass is 35.5. The number of ether oxygens (including phenoxy) is 3. The molecule has 3 aromatic heterocycles. The van der Waals surface area contributed by atoms with Gasteiger partial charge in [-0.1, -0.05) is 17.7 Å². The first-order valence-electron chi connectivity index (χ1n) is 11.1. The van der Waals surface area contributed by atoms with E-state index in [1.165, 1.54) is 11.9 Å². The van der Waals surface area contributed by atoms with Gasteiger partial charge in [-0.2, -0.15) is 5.10 Å². The van der Waals surface area contributed by atoms with Crippen molar-refractivity contribution < 1.29 is 14.2 Å². The Bertz CT molecular complexity index is 1270. The zero-order valence-corrected chi connectivity index (χ0v) is 22.1. The molecule has 3 heterocycles. The van der Waals surface area contributed by atoms with Gasteiger partial charge in [-0.05, 0) is 44.0 Å². The second-order valence-electron chi connectivity index (χ2n) is 7.59. The summed E-state index contributed by atoms with van der Waals surface area (Å²) < 4.78 is 24.0. The molecule has 0 bridgehead atoms. The van der Waals surface area contributed by atoms with Crippen molar-refractivity contribution >= 4 is 29.5 Å². The van der Waals surface area contributed by atoms with E-state index >= 15 is 0 Å². The number of rotatable bonds is 11. The van der Waals surface area contributed by atoms with Crippen molar-refractivity contribution in [3.8, 4) is 28.7 Å². The lowest BCUT2D eigenvalue weighted by Gasteiger charge is -2.21. The van der Waals surface area contributed by atoms with E-state index in [2.05, 4.69) is 30.0 Å². The maximum atomic E-state index is 5.94. The van der Waals surface area contributed by atoms with Gasteiger partial charge in [-0.25, -0.2) is 9.97 Å².